The van der Waals surface area contributed by atoms with E-state index in [-0.39, 0.29) is 0 Å². The Labute approximate surface area is 122 Å². The molecule has 0 aliphatic rings. The number of benzene rings is 2. The van der Waals surface area contributed by atoms with Crippen molar-refractivity contribution in [2.24, 2.45) is 0 Å². The Bertz CT molecular complexity index is 808. The predicted molar refractivity (Wildman–Crippen MR) is 79.3 cm³/mol. The smallest absolute Gasteiger partial charge is 0.343 e. The molecule has 2 aromatic carbocycles. The molecule has 5 nitrogen and oxygen atoms in total. The van der Waals surface area contributed by atoms with E-state index >= 15 is 0 Å². The zero-order chi connectivity index (χ0) is 14.8. The highest BCUT2D eigenvalue weighted by atomic mass is 16.5. The van der Waals surface area contributed by atoms with Crippen LogP contribution in [0.15, 0.2) is 42.5 Å². The number of fused-ring (bicyclic) bond motifs is 1. The number of ether oxygens (including phenoxy) is 1. The summed E-state index contributed by atoms with van der Waals surface area (Å²) < 4.78 is 7.15. The van der Waals surface area contributed by atoms with Crippen LogP contribution in [0.25, 0.3) is 11.0 Å². The molecule has 0 spiro atoms. The third-order valence-corrected chi connectivity index (χ3v) is 3.25. The maximum atomic E-state index is 12.2. The van der Waals surface area contributed by atoms with E-state index in [2.05, 4.69) is 10.3 Å². The third-order valence-electron chi connectivity index (χ3n) is 3.25. The molecule has 21 heavy (non-hydrogen) atoms. The zero-order valence-corrected chi connectivity index (χ0v) is 11.9. The summed E-state index contributed by atoms with van der Waals surface area (Å²) in [7, 11) is 0. The van der Waals surface area contributed by atoms with Crippen molar-refractivity contribution in [2.45, 2.75) is 20.4 Å². The van der Waals surface area contributed by atoms with Gasteiger partial charge in [0.2, 0.25) is 0 Å². The summed E-state index contributed by atoms with van der Waals surface area (Å²) in [6.07, 6.45) is 0. The van der Waals surface area contributed by atoms with Crippen molar-refractivity contribution < 1.29 is 9.53 Å². The first-order chi connectivity index (χ1) is 10.2. The maximum Gasteiger partial charge on any atom is 0.343 e. The van der Waals surface area contributed by atoms with Crippen LogP contribution in [0.4, 0.5) is 0 Å². The van der Waals surface area contributed by atoms with E-state index in [1.807, 2.05) is 38.1 Å². The van der Waals surface area contributed by atoms with E-state index in [9.17, 15) is 4.79 Å². The predicted octanol–water partition coefficient (Wildman–Crippen LogP) is 2.98. The summed E-state index contributed by atoms with van der Waals surface area (Å²) in [4.78, 5) is 12.2. The SMILES string of the molecule is CCn1nnc2cc(C(=O)Oc3cccc(C)c3)ccc21. The molecule has 106 valence electrons. The van der Waals surface area contributed by atoms with Gasteiger partial charge in [-0.1, -0.05) is 17.3 Å². The van der Waals surface area contributed by atoms with Gasteiger partial charge in [-0.3, -0.25) is 0 Å². The molecule has 1 heterocycles. The van der Waals surface area contributed by atoms with E-state index in [0.29, 0.717) is 16.8 Å². The Morgan fingerprint density at radius 3 is 2.86 bits per heavy atom. The molecule has 3 rings (SSSR count). The van der Waals surface area contributed by atoms with Crippen molar-refractivity contribution in [2.75, 3.05) is 0 Å². The summed E-state index contributed by atoms with van der Waals surface area (Å²) in [5, 5.41) is 8.08. The van der Waals surface area contributed by atoms with Crippen LogP contribution in [0.5, 0.6) is 5.75 Å². The van der Waals surface area contributed by atoms with Gasteiger partial charge in [-0.2, -0.15) is 0 Å². The van der Waals surface area contributed by atoms with Crippen LogP contribution in [0.2, 0.25) is 0 Å². The second-order valence-electron chi connectivity index (χ2n) is 4.81. The molecular formula is C16H15N3O2. The minimum Gasteiger partial charge on any atom is -0.423 e. The number of esters is 1. The third kappa shape index (κ3) is 2.63. The van der Waals surface area contributed by atoms with Gasteiger partial charge in [-0.25, -0.2) is 9.48 Å². The van der Waals surface area contributed by atoms with E-state index in [4.69, 9.17) is 4.74 Å². The first-order valence-electron chi connectivity index (χ1n) is 6.79. The van der Waals surface area contributed by atoms with Gasteiger partial charge in [0.05, 0.1) is 11.1 Å². The lowest BCUT2D eigenvalue weighted by Gasteiger charge is -2.05. The van der Waals surface area contributed by atoms with Crippen LogP contribution in [-0.4, -0.2) is 21.0 Å². The minimum absolute atomic E-state index is 0.395. The molecule has 0 bridgehead atoms. The van der Waals surface area contributed by atoms with E-state index in [1.165, 1.54) is 0 Å². The summed E-state index contributed by atoms with van der Waals surface area (Å²) in [5.74, 6) is 0.144. The molecule has 0 unspecified atom stereocenters. The molecule has 0 saturated heterocycles. The van der Waals surface area contributed by atoms with E-state index in [0.717, 1.165) is 17.6 Å². The lowest BCUT2D eigenvalue weighted by Crippen LogP contribution is -2.08. The molecule has 3 aromatic rings. The van der Waals surface area contributed by atoms with Crippen LogP contribution >= 0.6 is 0 Å². The molecule has 0 saturated carbocycles. The molecule has 0 aliphatic carbocycles. The first kappa shape index (κ1) is 13.3. The largest absolute Gasteiger partial charge is 0.423 e. The van der Waals surface area contributed by atoms with Crippen LogP contribution < -0.4 is 4.74 Å². The number of rotatable bonds is 3. The van der Waals surface area contributed by atoms with Crippen molar-refractivity contribution in [3.8, 4) is 5.75 Å². The fourth-order valence-electron chi connectivity index (χ4n) is 2.18. The topological polar surface area (TPSA) is 57.0 Å². The molecule has 1 aromatic heterocycles. The summed E-state index contributed by atoms with van der Waals surface area (Å²) in [6, 6.07) is 12.7. The maximum absolute atomic E-state index is 12.2. The molecule has 5 heteroatoms. The van der Waals surface area contributed by atoms with Crippen molar-refractivity contribution in [1.29, 1.82) is 0 Å². The molecule has 0 amide bonds. The van der Waals surface area contributed by atoms with E-state index in [1.54, 1.807) is 22.9 Å². The quantitative estimate of drug-likeness (QED) is 0.547. The number of hydrogen-bond acceptors (Lipinski definition) is 4. The minimum atomic E-state index is -0.395. The normalized spacial score (nSPS) is 10.8. The monoisotopic (exact) mass is 281 g/mol. The number of carbonyl (C=O) groups is 1. The zero-order valence-electron chi connectivity index (χ0n) is 11.9. The second-order valence-corrected chi connectivity index (χ2v) is 4.81. The molecule has 0 atom stereocenters. The number of nitrogens with zero attached hydrogens (tertiary/aromatic N) is 3. The average Bonchev–Trinajstić information content (AvgIpc) is 2.89. The summed E-state index contributed by atoms with van der Waals surface area (Å²) in [6.45, 7) is 4.68. The number of aromatic nitrogens is 3. The first-order valence-corrected chi connectivity index (χ1v) is 6.79. The number of aryl methyl sites for hydroxylation is 2. The van der Waals surface area contributed by atoms with Gasteiger partial charge in [0.25, 0.3) is 0 Å². The standard InChI is InChI=1S/C16H15N3O2/c1-3-19-15-8-7-12(10-14(15)17-18-19)16(20)21-13-6-4-5-11(2)9-13/h4-10H,3H2,1-2H3. The summed E-state index contributed by atoms with van der Waals surface area (Å²) >= 11 is 0. The van der Waals surface area contributed by atoms with Crippen molar-refractivity contribution >= 4 is 17.0 Å². The highest BCUT2D eigenvalue weighted by Crippen LogP contribution is 2.17. The van der Waals surface area contributed by atoms with Gasteiger partial charge in [-0.05, 0) is 49.7 Å². The highest BCUT2D eigenvalue weighted by molar-refractivity contribution is 5.94. The van der Waals surface area contributed by atoms with Gasteiger partial charge >= 0.3 is 5.97 Å². The highest BCUT2D eigenvalue weighted by Gasteiger charge is 2.12. The molecule has 0 aliphatic heterocycles. The Morgan fingerprint density at radius 1 is 1.24 bits per heavy atom. The van der Waals surface area contributed by atoms with Gasteiger partial charge in [0.1, 0.15) is 11.3 Å². The van der Waals surface area contributed by atoms with Crippen molar-refractivity contribution in [3.63, 3.8) is 0 Å². The Morgan fingerprint density at radius 2 is 2.10 bits per heavy atom. The molecular weight excluding hydrogens is 266 g/mol. The lowest BCUT2D eigenvalue weighted by atomic mass is 10.2. The molecule has 0 fully saturated rings. The second kappa shape index (κ2) is 5.36. The van der Waals surface area contributed by atoms with Crippen LogP contribution in [0, 0.1) is 6.92 Å². The van der Waals surface area contributed by atoms with Crippen molar-refractivity contribution in [3.05, 3.63) is 53.6 Å². The van der Waals surface area contributed by atoms with E-state index < -0.39 is 5.97 Å². The van der Waals surface area contributed by atoms with Gasteiger partial charge in [-0.15, -0.1) is 5.10 Å². The Balaban J connectivity index is 1.87. The van der Waals surface area contributed by atoms with Crippen LogP contribution in [0.1, 0.15) is 22.8 Å². The van der Waals surface area contributed by atoms with Gasteiger partial charge in [0, 0.05) is 6.54 Å². The fraction of sp³-hybridized carbons (Fsp3) is 0.188. The Kier molecular flexibility index (Phi) is 3.39. The molecule has 0 N–H and O–H groups in total. The average molecular weight is 281 g/mol. The van der Waals surface area contributed by atoms with Crippen LogP contribution in [0.3, 0.4) is 0 Å². The number of carbonyl (C=O) groups excluding carboxylic acids is 1. The van der Waals surface area contributed by atoms with Crippen LogP contribution in [-0.2, 0) is 6.54 Å². The Hall–Kier alpha value is -2.69. The van der Waals surface area contributed by atoms with Gasteiger partial charge in [0.15, 0.2) is 0 Å². The summed E-state index contributed by atoms with van der Waals surface area (Å²) in [5.41, 5.74) is 3.11. The van der Waals surface area contributed by atoms with Crippen molar-refractivity contribution in [1.82, 2.24) is 15.0 Å². The number of hydrogen-bond donors (Lipinski definition) is 0. The molecule has 0 radical (unpaired) electrons. The fourth-order valence-corrected chi connectivity index (χ4v) is 2.18. The lowest BCUT2D eigenvalue weighted by molar-refractivity contribution is 0.0735. The van der Waals surface area contributed by atoms with Gasteiger partial charge < -0.3 is 4.74 Å².